The van der Waals surface area contributed by atoms with Crippen LogP contribution in [-0.4, -0.2) is 33.8 Å². The SMILES string of the molecule is CCn1cc(CN2CCCC(C(C)N)C2)cn1.Cl. The maximum absolute atomic E-state index is 6.01. The number of nitrogens with two attached hydrogens (primary N) is 1. The van der Waals surface area contributed by atoms with Crippen LogP contribution < -0.4 is 5.73 Å². The zero-order valence-corrected chi connectivity index (χ0v) is 12.2. The number of hydrogen-bond donors (Lipinski definition) is 1. The summed E-state index contributed by atoms with van der Waals surface area (Å²) in [5.74, 6) is 0.657. The van der Waals surface area contributed by atoms with E-state index in [2.05, 4.69) is 30.0 Å². The summed E-state index contributed by atoms with van der Waals surface area (Å²) in [6.07, 6.45) is 6.69. The molecule has 0 radical (unpaired) electrons. The van der Waals surface area contributed by atoms with Crippen LogP contribution in [0.15, 0.2) is 12.4 Å². The third-order valence-corrected chi connectivity index (χ3v) is 3.70. The fraction of sp³-hybridized carbons (Fsp3) is 0.769. The number of aryl methyl sites for hydroxylation is 1. The minimum Gasteiger partial charge on any atom is -0.328 e. The first-order valence-corrected chi connectivity index (χ1v) is 6.68. The predicted molar refractivity (Wildman–Crippen MR) is 76.8 cm³/mol. The zero-order chi connectivity index (χ0) is 12.3. The minimum absolute atomic E-state index is 0. The van der Waals surface area contributed by atoms with Gasteiger partial charge in [0.15, 0.2) is 0 Å². The first-order valence-electron chi connectivity index (χ1n) is 6.68. The number of piperidine rings is 1. The van der Waals surface area contributed by atoms with Gasteiger partial charge in [-0.15, -0.1) is 12.4 Å². The Kier molecular flexibility index (Phi) is 6.12. The third kappa shape index (κ3) is 3.97. The highest BCUT2D eigenvalue weighted by Crippen LogP contribution is 2.20. The van der Waals surface area contributed by atoms with E-state index < -0.39 is 0 Å². The second-order valence-corrected chi connectivity index (χ2v) is 5.20. The van der Waals surface area contributed by atoms with Crippen LogP contribution >= 0.6 is 12.4 Å². The van der Waals surface area contributed by atoms with Gasteiger partial charge in [0.1, 0.15) is 0 Å². The molecular weight excluding hydrogens is 248 g/mol. The van der Waals surface area contributed by atoms with Crippen LogP contribution in [0.1, 0.15) is 32.3 Å². The fourth-order valence-corrected chi connectivity index (χ4v) is 2.58. The monoisotopic (exact) mass is 272 g/mol. The van der Waals surface area contributed by atoms with E-state index in [4.69, 9.17) is 5.73 Å². The van der Waals surface area contributed by atoms with Crippen molar-refractivity contribution < 1.29 is 0 Å². The van der Waals surface area contributed by atoms with Gasteiger partial charge >= 0.3 is 0 Å². The second kappa shape index (κ2) is 7.12. The van der Waals surface area contributed by atoms with Crippen molar-refractivity contribution >= 4 is 12.4 Å². The number of rotatable bonds is 4. The van der Waals surface area contributed by atoms with Gasteiger partial charge in [-0.2, -0.15) is 5.10 Å². The highest BCUT2D eigenvalue weighted by molar-refractivity contribution is 5.85. The Morgan fingerprint density at radius 3 is 2.94 bits per heavy atom. The topological polar surface area (TPSA) is 47.1 Å². The number of hydrogen-bond acceptors (Lipinski definition) is 3. The Morgan fingerprint density at radius 2 is 2.33 bits per heavy atom. The van der Waals surface area contributed by atoms with E-state index in [1.165, 1.54) is 24.9 Å². The van der Waals surface area contributed by atoms with Crippen molar-refractivity contribution in [2.75, 3.05) is 13.1 Å². The van der Waals surface area contributed by atoms with Crippen LogP contribution in [0.3, 0.4) is 0 Å². The number of nitrogens with zero attached hydrogens (tertiary/aromatic N) is 3. The summed E-state index contributed by atoms with van der Waals surface area (Å²) < 4.78 is 1.99. The highest BCUT2D eigenvalue weighted by atomic mass is 35.5. The predicted octanol–water partition coefficient (Wildman–Crippen LogP) is 1.88. The van der Waals surface area contributed by atoms with E-state index in [1.807, 2.05) is 10.9 Å². The quantitative estimate of drug-likeness (QED) is 0.911. The highest BCUT2D eigenvalue weighted by Gasteiger charge is 2.22. The smallest absolute Gasteiger partial charge is 0.0534 e. The van der Waals surface area contributed by atoms with Gasteiger partial charge in [0, 0.05) is 37.4 Å². The summed E-state index contributed by atoms with van der Waals surface area (Å²) in [5.41, 5.74) is 7.32. The molecule has 2 atom stereocenters. The molecule has 0 spiro atoms. The molecule has 1 aliphatic rings. The minimum atomic E-state index is 0. The molecule has 0 aromatic carbocycles. The number of halogens is 1. The Labute approximate surface area is 116 Å². The first-order chi connectivity index (χ1) is 8.19. The molecule has 2 heterocycles. The molecule has 1 aromatic heterocycles. The van der Waals surface area contributed by atoms with E-state index >= 15 is 0 Å². The Hall–Kier alpha value is -0.580. The lowest BCUT2D eigenvalue weighted by atomic mass is 9.92. The standard InChI is InChI=1S/C13H24N4.ClH/c1-3-17-9-12(7-15-17)8-16-6-4-5-13(10-16)11(2)14;/h7,9,11,13H,3-6,8,10,14H2,1-2H3;1H. The molecule has 5 heteroatoms. The van der Waals surface area contributed by atoms with Gasteiger partial charge in [-0.1, -0.05) is 0 Å². The van der Waals surface area contributed by atoms with Crippen molar-refractivity contribution in [2.24, 2.45) is 11.7 Å². The average molecular weight is 273 g/mol. The van der Waals surface area contributed by atoms with E-state index in [0.29, 0.717) is 12.0 Å². The number of likely N-dealkylation sites (tertiary alicyclic amines) is 1. The molecule has 1 saturated heterocycles. The molecule has 2 unspecified atom stereocenters. The summed E-state index contributed by atoms with van der Waals surface area (Å²) in [6.45, 7) is 8.54. The average Bonchev–Trinajstić information content (AvgIpc) is 2.77. The maximum atomic E-state index is 6.01. The van der Waals surface area contributed by atoms with Crippen LogP contribution in [0.5, 0.6) is 0 Å². The summed E-state index contributed by atoms with van der Waals surface area (Å²) in [7, 11) is 0. The summed E-state index contributed by atoms with van der Waals surface area (Å²) in [5, 5.41) is 4.32. The largest absolute Gasteiger partial charge is 0.328 e. The molecule has 0 bridgehead atoms. The lowest BCUT2D eigenvalue weighted by Crippen LogP contribution is -2.41. The van der Waals surface area contributed by atoms with E-state index in [-0.39, 0.29) is 12.4 Å². The molecule has 1 aliphatic heterocycles. The van der Waals surface area contributed by atoms with E-state index in [1.54, 1.807) is 0 Å². The number of aromatic nitrogens is 2. The van der Waals surface area contributed by atoms with Crippen molar-refractivity contribution in [3.05, 3.63) is 18.0 Å². The van der Waals surface area contributed by atoms with Crippen molar-refractivity contribution in [1.82, 2.24) is 14.7 Å². The van der Waals surface area contributed by atoms with Crippen molar-refractivity contribution in [2.45, 2.75) is 45.8 Å². The molecule has 2 rings (SSSR count). The molecule has 0 amide bonds. The lowest BCUT2D eigenvalue weighted by Gasteiger charge is -2.34. The molecule has 4 nitrogen and oxygen atoms in total. The van der Waals surface area contributed by atoms with Gasteiger partial charge in [0.25, 0.3) is 0 Å². The summed E-state index contributed by atoms with van der Waals surface area (Å²) in [6, 6.07) is 0.316. The van der Waals surface area contributed by atoms with Crippen molar-refractivity contribution in [1.29, 1.82) is 0 Å². The molecular formula is C13H25ClN4. The zero-order valence-electron chi connectivity index (χ0n) is 11.4. The summed E-state index contributed by atoms with van der Waals surface area (Å²) >= 11 is 0. The molecule has 18 heavy (non-hydrogen) atoms. The Balaban J connectivity index is 0.00000162. The van der Waals surface area contributed by atoms with Gasteiger partial charge in [-0.25, -0.2) is 0 Å². The van der Waals surface area contributed by atoms with Gasteiger partial charge in [-0.3, -0.25) is 9.58 Å². The van der Waals surface area contributed by atoms with Crippen LogP contribution in [-0.2, 0) is 13.1 Å². The van der Waals surface area contributed by atoms with Crippen LogP contribution in [0, 0.1) is 5.92 Å². The van der Waals surface area contributed by atoms with Gasteiger partial charge < -0.3 is 5.73 Å². The summed E-state index contributed by atoms with van der Waals surface area (Å²) in [4.78, 5) is 2.51. The van der Waals surface area contributed by atoms with E-state index in [9.17, 15) is 0 Å². The van der Waals surface area contributed by atoms with E-state index in [0.717, 1.165) is 19.6 Å². The molecule has 1 fully saturated rings. The third-order valence-electron chi connectivity index (χ3n) is 3.70. The van der Waals surface area contributed by atoms with Crippen LogP contribution in [0.4, 0.5) is 0 Å². The first kappa shape index (κ1) is 15.5. The van der Waals surface area contributed by atoms with Crippen molar-refractivity contribution in [3.8, 4) is 0 Å². The Morgan fingerprint density at radius 1 is 1.56 bits per heavy atom. The van der Waals surface area contributed by atoms with Crippen LogP contribution in [0.25, 0.3) is 0 Å². The van der Waals surface area contributed by atoms with Gasteiger partial charge in [0.05, 0.1) is 6.20 Å². The van der Waals surface area contributed by atoms with Crippen molar-refractivity contribution in [3.63, 3.8) is 0 Å². The normalized spacial score (nSPS) is 22.5. The fourth-order valence-electron chi connectivity index (χ4n) is 2.58. The molecule has 2 N–H and O–H groups in total. The molecule has 0 saturated carbocycles. The van der Waals surface area contributed by atoms with Gasteiger partial charge in [-0.05, 0) is 39.2 Å². The Bertz CT molecular complexity index is 351. The second-order valence-electron chi connectivity index (χ2n) is 5.20. The maximum Gasteiger partial charge on any atom is 0.0534 e. The molecule has 1 aromatic rings. The molecule has 104 valence electrons. The van der Waals surface area contributed by atoms with Gasteiger partial charge in [0.2, 0.25) is 0 Å². The lowest BCUT2D eigenvalue weighted by molar-refractivity contribution is 0.154. The van der Waals surface area contributed by atoms with Crippen LogP contribution in [0.2, 0.25) is 0 Å². The molecule has 0 aliphatic carbocycles.